The zero-order chi connectivity index (χ0) is 22.1. The van der Waals surface area contributed by atoms with Crippen molar-refractivity contribution in [1.82, 2.24) is 10.3 Å². The summed E-state index contributed by atoms with van der Waals surface area (Å²) in [7, 11) is 0. The van der Waals surface area contributed by atoms with E-state index in [0.29, 0.717) is 25.9 Å². The maximum atomic E-state index is 12.3. The van der Waals surface area contributed by atoms with Gasteiger partial charge in [0, 0.05) is 44.6 Å². The summed E-state index contributed by atoms with van der Waals surface area (Å²) < 4.78 is 0. The molecule has 0 atom stereocenters. The molecule has 1 aliphatic rings. The molecule has 0 radical (unpaired) electrons. The molecule has 2 aromatic carbocycles. The van der Waals surface area contributed by atoms with Crippen molar-refractivity contribution < 1.29 is 9.59 Å². The van der Waals surface area contributed by atoms with E-state index < -0.39 is 0 Å². The molecule has 0 aliphatic carbocycles. The fraction of sp³-hybridized carbons (Fsp3) is 0.400. The van der Waals surface area contributed by atoms with E-state index in [1.54, 1.807) is 0 Å². The summed E-state index contributed by atoms with van der Waals surface area (Å²) in [5.41, 5.74) is 4.37. The van der Waals surface area contributed by atoms with Gasteiger partial charge in [-0.25, -0.2) is 5.01 Å². The average Bonchev–Trinajstić information content (AvgIpc) is 2.82. The second kappa shape index (κ2) is 11.3. The Bertz CT molecular complexity index is 893. The first-order valence-electron chi connectivity index (χ1n) is 11.1. The van der Waals surface area contributed by atoms with Crippen LogP contribution in [0.4, 0.5) is 5.69 Å². The van der Waals surface area contributed by atoms with Crippen molar-refractivity contribution in [3.63, 3.8) is 0 Å². The van der Waals surface area contributed by atoms with E-state index in [1.807, 2.05) is 18.2 Å². The van der Waals surface area contributed by atoms with Crippen molar-refractivity contribution in [2.45, 2.75) is 39.5 Å². The first-order chi connectivity index (χ1) is 15.1. The van der Waals surface area contributed by atoms with Crippen LogP contribution < -0.4 is 10.2 Å². The van der Waals surface area contributed by atoms with Crippen LogP contribution in [0.15, 0.2) is 59.7 Å². The molecular formula is C25H32N4O2. The minimum Gasteiger partial charge on any atom is -0.370 e. The summed E-state index contributed by atoms with van der Waals surface area (Å²) >= 11 is 0. The topological polar surface area (TPSA) is 65.0 Å². The molecule has 0 fully saturated rings. The molecule has 164 valence electrons. The van der Waals surface area contributed by atoms with Crippen molar-refractivity contribution in [1.29, 1.82) is 0 Å². The van der Waals surface area contributed by atoms with E-state index in [9.17, 15) is 9.59 Å². The zero-order valence-electron chi connectivity index (χ0n) is 18.5. The molecular weight excluding hydrogens is 388 g/mol. The van der Waals surface area contributed by atoms with Gasteiger partial charge in [0.05, 0.1) is 12.3 Å². The fourth-order valence-corrected chi connectivity index (χ4v) is 3.65. The van der Waals surface area contributed by atoms with E-state index >= 15 is 0 Å². The molecule has 3 rings (SSSR count). The van der Waals surface area contributed by atoms with Gasteiger partial charge in [0.15, 0.2) is 0 Å². The van der Waals surface area contributed by atoms with Crippen LogP contribution in [0.1, 0.15) is 44.2 Å². The van der Waals surface area contributed by atoms with Crippen LogP contribution in [0.3, 0.4) is 0 Å². The Kier molecular flexibility index (Phi) is 8.21. The molecule has 2 amide bonds. The number of nitrogens with zero attached hydrogens (tertiary/aromatic N) is 3. The minimum absolute atomic E-state index is 0.0250. The quantitative estimate of drug-likeness (QED) is 0.639. The number of likely N-dealkylation sites (N-methyl/N-ethyl adjacent to an activating group) is 1. The van der Waals surface area contributed by atoms with Crippen molar-refractivity contribution in [2.24, 2.45) is 5.10 Å². The van der Waals surface area contributed by atoms with Crippen molar-refractivity contribution >= 4 is 23.2 Å². The molecule has 0 unspecified atom stereocenters. The summed E-state index contributed by atoms with van der Waals surface area (Å²) in [5, 5.41) is 8.95. The average molecular weight is 421 g/mol. The maximum absolute atomic E-state index is 12.3. The van der Waals surface area contributed by atoms with E-state index in [0.717, 1.165) is 36.5 Å². The third-order valence-electron chi connectivity index (χ3n) is 5.56. The summed E-state index contributed by atoms with van der Waals surface area (Å²) in [6.07, 6.45) is 2.31. The second-order valence-corrected chi connectivity index (χ2v) is 7.63. The fourth-order valence-electron chi connectivity index (χ4n) is 3.65. The number of hydrogen-bond donors (Lipinski definition) is 1. The van der Waals surface area contributed by atoms with Gasteiger partial charge < -0.3 is 10.2 Å². The molecule has 1 N–H and O–H groups in total. The lowest BCUT2D eigenvalue weighted by Gasteiger charge is -2.24. The molecule has 2 aromatic rings. The molecule has 0 aromatic heterocycles. The lowest BCUT2D eigenvalue weighted by Crippen LogP contribution is -2.38. The number of aryl methyl sites for hydroxylation is 1. The minimum atomic E-state index is -0.0634. The Hall–Kier alpha value is -3.15. The van der Waals surface area contributed by atoms with Crippen LogP contribution in [0.5, 0.6) is 0 Å². The number of nitrogens with one attached hydrogen (secondary N) is 1. The Morgan fingerprint density at radius 1 is 1.06 bits per heavy atom. The molecule has 6 heteroatoms. The Morgan fingerprint density at radius 3 is 2.48 bits per heavy atom. The van der Waals surface area contributed by atoms with Crippen LogP contribution in [0.25, 0.3) is 0 Å². The van der Waals surface area contributed by atoms with Gasteiger partial charge in [-0.1, -0.05) is 49.4 Å². The smallest absolute Gasteiger partial charge is 0.243 e. The summed E-state index contributed by atoms with van der Waals surface area (Å²) in [5.74, 6) is -0.0884. The Balaban J connectivity index is 1.48. The van der Waals surface area contributed by atoms with Gasteiger partial charge in [-0.3, -0.25) is 9.59 Å². The highest BCUT2D eigenvalue weighted by atomic mass is 16.2. The number of para-hydroxylation sites is 1. The number of benzene rings is 2. The van der Waals surface area contributed by atoms with Gasteiger partial charge >= 0.3 is 0 Å². The highest BCUT2D eigenvalue weighted by Crippen LogP contribution is 2.16. The van der Waals surface area contributed by atoms with Crippen LogP contribution >= 0.6 is 0 Å². The highest BCUT2D eigenvalue weighted by molar-refractivity contribution is 6.04. The molecule has 0 saturated carbocycles. The monoisotopic (exact) mass is 420 g/mol. The van der Waals surface area contributed by atoms with E-state index in [1.165, 1.54) is 10.6 Å². The van der Waals surface area contributed by atoms with Gasteiger partial charge in [0.2, 0.25) is 11.8 Å². The lowest BCUT2D eigenvalue weighted by molar-refractivity contribution is -0.132. The largest absolute Gasteiger partial charge is 0.370 e. The van der Waals surface area contributed by atoms with Gasteiger partial charge in [-0.05, 0) is 36.6 Å². The summed E-state index contributed by atoms with van der Waals surface area (Å²) in [4.78, 5) is 26.8. The summed E-state index contributed by atoms with van der Waals surface area (Å²) in [6.45, 7) is 6.71. The number of hydrazone groups is 1. The number of carbonyl (C=O) groups excluding carboxylic acids is 2. The van der Waals surface area contributed by atoms with Gasteiger partial charge in [-0.15, -0.1) is 0 Å². The number of hydrogen-bond acceptors (Lipinski definition) is 4. The third-order valence-corrected chi connectivity index (χ3v) is 5.56. The van der Waals surface area contributed by atoms with Crippen LogP contribution in [-0.2, 0) is 16.0 Å². The van der Waals surface area contributed by atoms with E-state index in [4.69, 9.17) is 0 Å². The maximum Gasteiger partial charge on any atom is 0.243 e. The Morgan fingerprint density at radius 2 is 1.81 bits per heavy atom. The number of carbonyl (C=O) groups is 2. The normalized spacial score (nSPS) is 13.7. The van der Waals surface area contributed by atoms with Crippen molar-refractivity contribution in [3.8, 4) is 0 Å². The van der Waals surface area contributed by atoms with Crippen LogP contribution in [-0.4, -0.2) is 48.7 Å². The number of amides is 2. The van der Waals surface area contributed by atoms with Crippen LogP contribution in [0, 0.1) is 0 Å². The number of anilines is 1. The van der Waals surface area contributed by atoms with Crippen molar-refractivity contribution in [2.75, 3.05) is 31.1 Å². The zero-order valence-corrected chi connectivity index (χ0v) is 18.5. The molecule has 0 spiro atoms. The first kappa shape index (κ1) is 22.5. The van der Waals surface area contributed by atoms with E-state index in [2.05, 4.69) is 65.6 Å². The summed E-state index contributed by atoms with van der Waals surface area (Å²) in [6, 6.07) is 18.5. The van der Waals surface area contributed by atoms with E-state index in [-0.39, 0.29) is 18.2 Å². The predicted octanol–water partition coefficient (Wildman–Crippen LogP) is 3.61. The number of rotatable bonds is 10. The van der Waals surface area contributed by atoms with Crippen molar-refractivity contribution in [3.05, 3.63) is 65.7 Å². The molecule has 0 bridgehead atoms. The SMILES string of the molecule is CCc1ccc(C2=NN(CCC(=O)NCCN(CC)c3ccccc3)C(=O)CC2)cc1. The molecule has 6 nitrogen and oxygen atoms in total. The highest BCUT2D eigenvalue weighted by Gasteiger charge is 2.21. The van der Waals surface area contributed by atoms with Crippen LogP contribution in [0.2, 0.25) is 0 Å². The Labute approximate surface area is 184 Å². The van der Waals surface area contributed by atoms with Gasteiger partial charge in [-0.2, -0.15) is 5.10 Å². The van der Waals surface area contributed by atoms with Gasteiger partial charge in [0.1, 0.15) is 0 Å². The first-order valence-corrected chi connectivity index (χ1v) is 11.1. The lowest BCUT2D eigenvalue weighted by atomic mass is 10.0. The standard InChI is InChI=1S/C25H32N4O2/c1-3-20-10-12-21(13-11-20)23-14-15-25(31)29(27-23)18-16-24(30)26-17-19-28(4-2)22-8-6-5-7-9-22/h5-13H,3-4,14-19H2,1-2H3,(H,26,30). The molecule has 1 heterocycles. The molecule has 1 aliphatic heterocycles. The molecule has 31 heavy (non-hydrogen) atoms. The van der Waals surface area contributed by atoms with Gasteiger partial charge in [0.25, 0.3) is 0 Å². The second-order valence-electron chi connectivity index (χ2n) is 7.63. The molecule has 0 saturated heterocycles. The third kappa shape index (κ3) is 6.41. The predicted molar refractivity (Wildman–Crippen MR) is 125 cm³/mol.